The monoisotopic (exact) mass is 370 g/mol. The first kappa shape index (κ1) is 17.9. The molecule has 8 nitrogen and oxygen atoms in total. The van der Waals surface area contributed by atoms with Crippen LogP contribution in [-0.2, 0) is 4.79 Å². The molecule has 2 aromatic heterocycles. The van der Waals surface area contributed by atoms with E-state index in [1.807, 2.05) is 38.8 Å². The largest absolute Gasteiger partial charge is 0.345 e. The molecule has 8 heteroatoms. The second-order valence-electron chi connectivity index (χ2n) is 7.95. The highest BCUT2D eigenvalue weighted by Gasteiger charge is 2.51. The third-order valence-electron chi connectivity index (χ3n) is 6.25. The quantitative estimate of drug-likeness (QED) is 0.761. The number of likely N-dealkylation sites (tertiary alicyclic amines) is 2. The molecule has 2 aliphatic rings. The molecule has 0 unspecified atom stereocenters. The molecule has 0 radical (unpaired) electrons. The van der Waals surface area contributed by atoms with Crippen LogP contribution in [-0.4, -0.2) is 67.4 Å². The van der Waals surface area contributed by atoms with Crippen molar-refractivity contribution >= 4 is 17.6 Å². The van der Waals surface area contributed by atoms with E-state index in [1.54, 1.807) is 9.42 Å². The number of carbonyl (C=O) groups is 2. The molecule has 4 rings (SSSR count). The maximum atomic E-state index is 13.2. The summed E-state index contributed by atoms with van der Waals surface area (Å²) in [6.07, 6.45) is 3.46. The fourth-order valence-corrected chi connectivity index (χ4v) is 4.77. The number of aromatic nitrogens is 4. The summed E-state index contributed by atoms with van der Waals surface area (Å²) in [7, 11) is 1.86. The van der Waals surface area contributed by atoms with Gasteiger partial charge in [-0.25, -0.2) is 9.50 Å². The Kier molecular flexibility index (Phi) is 4.16. The highest BCUT2D eigenvalue weighted by molar-refractivity contribution is 5.92. The van der Waals surface area contributed by atoms with E-state index in [1.165, 1.54) is 0 Å². The lowest BCUT2D eigenvalue weighted by atomic mass is 9.68. The molecule has 2 atom stereocenters. The third kappa shape index (κ3) is 2.69. The van der Waals surface area contributed by atoms with E-state index >= 15 is 0 Å². The molecular formula is C19H26N6O2. The number of rotatable bonds is 1. The van der Waals surface area contributed by atoms with Crippen molar-refractivity contribution < 1.29 is 9.59 Å². The minimum Gasteiger partial charge on any atom is -0.345 e. The molecule has 2 fully saturated rings. The van der Waals surface area contributed by atoms with Gasteiger partial charge in [-0.1, -0.05) is 0 Å². The average Bonchev–Trinajstić information content (AvgIpc) is 3.05. The first-order chi connectivity index (χ1) is 12.8. The molecule has 0 aliphatic carbocycles. The molecule has 144 valence electrons. The molecule has 0 saturated carbocycles. The van der Waals surface area contributed by atoms with Crippen molar-refractivity contribution in [1.82, 2.24) is 29.4 Å². The zero-order chi connectivity index (χ0) is 19.3. The minimum atomic E-state index is -0.481. The van der Waals surface area contributed by atoms with Crippen LogP contribution in [0.25, 0.3) is 5.78 Å². The topological polar surface area (TPSA) is 83.7 Å². The van der Waals surface area contributed by atoms with E-state index in [-0.39, 0.29) is 23.7 Å². The lowest BCUT2D eigenvalue weighted by Crippen LogP contribution is -2.61. The SMILES string of the molecule is Cc1cc(C)n2nc(C(=O)N3CCC[C@@]4(CCCN(C)C4=O)[C@@H]3C)nc2n1. The molecule has 2 aromatic rings. The van der Waals surface area contributed by atoms with E-state index in [2.05, 4.69) is 15.1 Å². The van der Waals surface area contributed by atoms with Gasteiger partial charge in [-0.05, 0) is 52.5 Å². The second-order valence-corrected chi connectivity index (χ2v) is 7.95. The van der Waals surface area contributed by atoms with Gasteiger partial charge in [0.05, 0.1) is 5.41 Å². The Hall–Kier alpha value is -2.51. The lowest BCUT2D eigenvalue weighted by molar-refractivity contribution is -0.152. The Balaban J connectivity index is 1.67. The first-order valence-corrected chi connectivity index (χ1v) is 9.61. The number of aryl methyl sites for hydroxylation is 2. The second kappa shape index (κ2) is 6.28. The minimum absolute atomic E-state index is 0.150. The number of hydrogen-bond acceptors (Lipinski definition) is 5. The van der Waals surface area contributed by atoms with Gasteiger partial charge in [-0.2, -0.15) is 4.98 Å². The van der Waals surface area contributed by atoms with Crippen LogP contribution < -0.4 is 0 Å². The summed E-state index contributed by atoms with van der Waals surface area (Å²) in [5, 5.41) is 4.39. The van der Waals surface area contributed by atoms with Crippen molar-refractivity contribution in [2.75, 3.05) is 20.1 Å². The molecule has 2 saturated heterocycles. The van der Waals surface area contributed by atoms with Crippen LogP contribution in [0, 0.1) is 19.3 Å². The highest BCUT2D eigenvalue weighted by Crippen LogP contribution is 2.44. The van der Waals surface area contributed by atoms with E-state index < -0.39 is 5.41 Å². The molecule has 4 heterocycles. The van der Waals surface area contributed by atoms with Gasteiger partial charge >= 0.3 is 0 Å². The predicted molar refractivity (Wildman–Crippen MR) is 99.3 cm³/mol. The molecule has 2 aliphatic heterocycles. The van der Waals surface area contributed by atoms with Crippen LogP contribution in [0.15, 0.2) is 6.07 Å². The molecular weight excluding hydrogens is 344 g/mol. The van der Waals surface area contributed by atoms with Crippen molar-refractivity contribution in [3.8, 4) is 0 Å². The Bertz CT molecular complexity index is 918. The number of nitrogens with zero attached hydrogens (tertiary/aromatic N) is 6. The van der Waals surface area contributed by atoms with E-state index in [4.69, 9.17) is 0 Å². The number of piperidine rings is 2. The summed E-state index contributed by atoms with van der Waals surface area (Å²) in [6.45, 7) is 7.22. The smallest absolute Gasteiger partial charge is 0.293 e. The fourth-order valence-electron chi connectivity index (χ4n) is 4.77. The van der Waals surface area contributed by atoms with Gasteiger partial charge < -0.3 is 9.80 Å². The van der Waals surface area contributed by atoms with E-state index in [9.17, 15) is 9.59 Å². The van der Waals surface area contributed by atoms with Gasteiger partial charge in [0.15, 0.2) is 0 Å². The summed E-state index contributed by atoms with van der Waals surface area (Å²) < 4.78 is 1.60. The van der Waals surface area contributed by atoms with Gasteiger partial charge in [0, 0.05) is 37.6 Å². The first-order valence-electron chi connectivity index (χ1n) is 9.61. The van der Waals surface area contributed by atoms with Crippen LogP contribution in [0.5, 0.6) is 0 Å². The maximum absolute atomic E-state index is 13.2. The zero-order valence-corrected chi connectivity index (χ0v) is 16.4. The number of hydrogen-bond donors (Lipinski definition) is 0. The average molecular weight is 370 g/mol. The van der Waals surface area contributed by atoms with E-state index in [0.717, 1.165) is 43.6 Å². The number of amides is 2. The van der Waals surface area contributed by atoms with Crippen LogP contribution in [0.4, 0.5) is 0 Å². The van der Waals surface area contributed by atoms with Crippen LogP contribution >= 0.6 is 0 Å². The van der Waals surface area contributed by atoms with Crippen molar-refractivity contribution in [1.29, 1.82) is 0 Å². The van der Waals surface area contributed by atoms with Gasteiger partial charge in [-0.15, -0.1) is 5.10 Å². The standard InChI is InChI=1S/C19H26N6O2/c1-12-11-13(2)25-18(20-12)21-15(22-25)16(26)24-10-6-8-19(14(24)3)7-5-9-23(4)17(19)27/h11,14H,5-10H2,1-4H3/t14-,19-/m0/s1. The Morgan fingerprint density at radius 2 is 1.89 bits per heavy atom. The molecule has 27 heavy (non-hydrogen) atoms. The molecule has 1 spiro atoms. The van der Waals surface area contributed by atoms with Crippen molar-refractivity contribution in [3.05, 3.63) is 23.3 Å². The van der Waals surface area contributed by atoms with Gasteiger partial charge in [-0.3, -0.25) is 9.59 Å². The van der Waals surface area contributed by atoms with E-state index in [0.29, 0.717) is 12.3 Å². The van der Waals surface area contributed by atoms with Gasteiger partial charge in [0.1, 0.15) is 0 Å². The predicted octanol–water partition coefficient (Wildman–Crippen LogP) is 1.60. The number of fused-ring (bicyclic) bond motifs is 1. The summed E-state index contributed by atoms with van der Waals surface area (Å²) >= 11 is 0. The summed E-state index contributed by atoms with van der Waals surface area (Å²) in [6, 6.07) is 1.74. The Labute approximate surface area is 158 Å². The lowest BCUT2D eigenvalue weighted by Gasteiger charge is -2.50. The maximum Gasteiger partial charge on any atom is 0.293 e. The summed E-state index contributed by atoms with van der Waals surface area (Å²) in [5.74, 6) is 0.528. The zero-order valence-electron chi connectivity index (χ0n) is 16.4. The normalized spacial score (nSPS) is 26.2. The van der Waals surface area contributed by atoms with Gasteiger partial charge in [0.25, 0.3) is 11.7 Å². The molecule has 2 amide bonds. The summed E-state index contributed by atoms with van der Waals surface area (Å²) in [4.78, 5) is 38.5. The van der Waals surface area contributed by atoms with Crippen molar-refractivity contribution in [2.45, 2.75) is 52.5 Å². The Morgan fingerprint density at radius 3 is 2.63 bits per heavy atom. The summed E-state index contributed by atoms with van der Waals surface area (Å²) in [5.41, 5.74) is 1.24. The molecule has 0 bridgehead atoms. The molecule has 0 N–H and O–H groups in total. The molecule has 0 aromatic carbocycles. The van der Waals surface area contributed by atoms with Crippen LogP contribution in [0.1, 0.15) is 54.6 Å². The van der Waals surface area contributed by atoms with Crippen molar-refractivity contribution in [3.63, 3.8) is 0 Å². The van der Waals surface area contributed by atoms with Crippen LogP contribution in [0.3, 0.4) is 0 Å². The number of carbonyl (C=O) groups excluding carboxylic acids is 2. The Morgan fingerprint density at radius 1 is 1.19 bits per heavy atom. The fraction of sp³-hybridized carbons (Fsp3) is 0.632. The van der Waals surface area contributed by atoms with Crippen LogP contribution in [0.2, 0.25) is 0 Å². The highest BCUT2D eigenvalue weighted by atomic mass is 16.2. The van der Waals surface area contributed by atoms with Gasteiger partial charge in [0.2, 0.25) is 11.7 Å². The third-order valence-corrected chi connectivity index (χ3v) is 6.25. The van der Waals surface area contributed by atoms with Crippen molar-refractivity contribution in [2.24, 2.45) is 5.41 Å².